The van der Waals surface area contributed by atoms with E-state index in [9.17, 15) is 9.59 Å². The molecule has 2 nitrogen and oxygen atoms in total. The Balaban J connectivity index is 0.000000180. The fourth-order valence-electron chi connectivity index (χ4n) is 1.39. The van der Waals surface area contributed by atoms with E-state index in [1.807, 2.05) is 56.3 Å². The second-order valence-corrected chi connectivity index (χ2v) is 4.06. The van der Waals surface area contributed by atoms with Gasteiger partial charge in [0.15, 0.2) is 0 Å². The highest BCUT2D eigenvalue weighted by atomic mass is 16.1. The third-order valence-electron chi connectivity index (χ3n) is 2.39. The average Bonchev–Trinajstić information content (AvgIpc) is 2.40. The van der Waals surface area contributed by atoms with E-state index in [0.29, 0.717) is 0 Å². The number of hydrogen-bond donors (Lipinski definition) is 0. The van der Waals surface area contributed by atoms with Crippen molar-refractivity contribution in [3.8, 4) is 0 Å². The maximum atomic E-state index is 10.2. The van der Waals surface area contributed by atoms with Crippen molar-refractivity contribution in [2.75, 3.05) is 0 Å². The molecule has 0 atom stereocenters. The van der Waals surface area contributed by atoms with Gasteiger partial charge in [0.05, 0.1) is 0 Å². The highest BCUT2D eigenvalue weighted by Gasteiger charge is 1.86. The van der Waals surface area contributed by atoms with Gasteiger partial charge in [0.1, 0.15) is 12.6 Å². The van der Waals surface area contributed by atoms with Gasteiger partial charge in [-0.25, -0.2) is 0 Å². The number of aryl methyl sites for hydroxylation is 2. The summed E-state index contributed by atoms with van der Waals surface area (Å²) in [5.74, 6) is 0. The Kier molecular flexibility index (Phi) is 5.52. The highest BCUT2D eigenvalue weighted by molar-refractivity contribution is 5.75. The van der Waals surface area contributed by atoms with Crippen LogP contribution in [0.1, 0.15) is 31.8 Å². The lowest BCUT2D eigenvalue weighted by Crippen LogP contribution is -1.78. The molecule has 2 rings (SSSR count). The minimum absolute atomic E-state index is 0.737. The Morgan fingerprint density at radius 3 is 1.78 bits per heavy atom. The SMILES string of the molecule is Cc1ccc(C=O)cc1.Cc1cccc(C=O)c1. The maximum Gasteiger partial charge on any atom is 0.150 e. The van der Waals surface area contributed by atoms with Crippen LogP contribution in [-0.4, -0.2) is 12.6 Å². The van der Waals surface area contributed by atoms with Crippen LogP contribution in [0.3, 0.4) is 0 Å². The number of benzene rings is 2. The Labute approximate surface area is 107 Å². The first-order chi connectivity index (χ1) is 8.65. The van der Waals surface area contributed by atoms with E-state index < -0.39 is 0 Å². The second-order valence-electron chi connectivity index (χ2n) is 4.06. The molecule has 0 saturated heterocycles. The molecular weight excluding hydrogens is 224 g/mol. The molecule has 0 aliphatic carbocycles. The fourth-order valence-corrected chi connectivity index (χ4v) is 1.39. The minimum Gasteiger partial charge on any atom is -0.298 e. The van der Waals surface area contributed by atoms with Gasteiger partial charge in [-0.1, -0.05) is 53.6 Å². The lowest BCUT2D eigenvalue weighted by Gasteiger charge is -1.89. The predicted molar refractivity (Wildman–Crippen MR) is 73.1 cm³/mol. The minimum atomic E-state index is 0.737. The Bertz CT molecular complexity index is 513. The molecule has 0 bridgehead atoms. The van der Waals surface area contributed by atoms with Crippen molar-refractivity contribution in [3.05, 3.63) is 70.8 Å². The van der Waals surface area contributed by atoms with E-state index in [-0.39, 0.29) is 0 Å². The molecular formula is C16H16O2. The fraction of sp³-hybridized carbons (Fsp3) is 0.125. The molecule has 0 N–H and O–H groups in total. The molecule has 0 aliphatic rings. The summed E-state index contributed by atoms with van der Waals surface area (Å²) in [7, 11) is 0. The molecule has 0 radical (unpaired) electrons. The molecule has 0 spiro atoms. The van der Waals surface area contributed by atoms with E-state index in [2.05, 4.69) is 0 Å². The normalized spacial score (nSPS) is 9.00. The number of rotatable bonds is 2. The molecule has 0 fully saturated rings. The van der Waals surface area contributed by atoms with E-state index in [0.717, 1.165) is 29.3 Å². The topological polar surface area (TPSA) is 34.1 Å². The standard InChI is InChI=1S/2C8H8O/c1-7-2-4-8(6-9)5-3-7;1-7-3-2-4-8(5-7)6-9/h2*2-6H,1H3. The summed E-state index contributed by atoms with van der Waals surface area (Å²) in [6.07, 6.45) is 1.70. The number of hydrogen-bond acceptors (Lipinski definition) is 2. The van der Waals surface area contributed by atoms with Crippen LogP contribution in [0.2, 0.25) is 0 Å². The first-order valence-corrected chi connectivity index (χ1v) is 5.69. The molecule has 0 saturated carbocycles. The van der Waals surface area contributed by atoms with Crippen molar-refractivity contribution in [2.45, 2.75) is 13.8 Å². The van der Waals surface area contributed by atoms with Gasteiger partial charge in [-0.05, 0) is 19.9 Å². The van der Waals surface area contributed by atoms with Crippen molar-refractivity contribution in [3.63, 3.8) is 0 Å². The smallest absolute Gasteiger partial charge is 0.150 e. The van der Waals surface area contributed by atoms with E-state index >= 15 is 0 Å². The lowest BCUT2D eigenvalue weighted by molar-refractivity contribution is 0.111. The molecule has 0 amide bonds. The van der Waals surface area contributed by atoms with Crippen LogP contribution in [0.15, 0.2) is 48.5 Å². The number of aldehydes is 2. The largest absolute Gasteiger partial charge is 0.298 e. The summed E-state index contributed by atoms with van der Waals surface area (Å²) < 4.78 is 0. The summed E-state index contributed by atoms with van der Waals surface area (Å²) in [6, 6.07) is 14.9. The summed E-state index contributed by atoms with van der Waals surface area (Å²) in [6.45, 7) is 3.96. The van der Waals surface area contributed by atoms with Crippen LogP contribution >= 0.6 is 0 Å². The van der Waals surface area contributed by atoms with E-state index in [1.165, 1.54) is 5.56 Å². The van der Waals surface area contributed by atoms with Gasteiger partial charge in [0.25, 0.3) is 0 Å². The molecule has 2 aromatic carbocycles. The summed E-state index contributed by atoms with van der Waals surface area (Å²) in [4.78, 5) is 20.3. The molecule has 0 aromatic heterocycles. The zero-order valence-electron chi connectivity index (χ0n) is 10.6. The van der Waals surface area contributed by atoms with Gasteiger partial charge < -0.3 is 0 Å². The predicted octanol–water partition coefficient (Wildman–Crippen LogP) is 3.62. The highest BCUT2D eigenvalue weighted by Crippen LogP contribution is 2.00. The summed E-state index contributed by atoms with van der Waals surface area (Å²) in [5, 5.41) is 0. The van der Waals surface area contributed by atoms with Gasteiger partial charge >= 0.3 is 0 Å². The van der Waals surface area contributed by atoms with Crippen LogP contribution in [-0.2, 0) is 0 Å². The van der Waals surface area contributed by atoms with Crippen LogP contribution in [0.25, 0.3) is 0 Å². The zero-order valence-corrected chi connectivity index (χ0v) is 10.6. The molecule has 0 heterocycles. The molecule has 2 aromatic rings. The second kappa shape index (κ2) is 7.17. The van der Waals surface area contributed by atoms with Gasteiger partial charge in [0.2, 0.25) is 0 Å². The van der Waals surface area contributed by atoms with Crippen molar-refractivity contribution in [2.24, 2.45) is 0 Å². The van der Waals surface area contributed by atoms with Crippen molar-refractivity contribution >= 4 is 12.6 Å². The summed E-state index contributed by atoms with van der Waals surface area (Å²) >= 11 is 0. The monoisotopic (exact) mass is 240 g/mol. The third kappa shape index (κ3) is 4.74. The average molecular weight is 240 g/mol. The lowest BCUT2D eigenvalue weighted by atomic mass is 10.2. The van der Waals surface area contributed by atoms with Crippen LogP contribution in [0, 0.1) is 13.8 Å². The molecule has 0 aliphatic heterocycles. The van der Waals surface area contributed by atoms with Crippen LogP contribution < -0.4 is 0 Å². The Morgan fingerprint density at radius 2 is 1.33 bits per heavy atom. The Morgan fingerprint density at radius 1 is 0.722 bits per heavy atom. The van der Waals surface area contributed by atoms with Gasteiger partial charge in [0, 0.05) is 11.1 Å². The van der Waals surface area contributed by atoms with Crippen molar-refractivity contribution in [1.82, 2.24) is 0 Å². The molecule has 18 heavy (non-hydrogen) atoms. The third-order valence-corrected chi connectivity index (χ3v) is 2.39. The van der Waals surface area contributed by atoms with E-state index in [1.54, 1.807) is 6.07 Å². The number of carbonyl (C=O) groups excluding carboxylic acids is 2. The van der Waals surface area contributed by atoms with Crippen LogP contribution in [0.4, 0.5) is 0 Å². The van der Waals surface area contributed by atoms with Crippen molar-refractivity contribution < 1.29 is 9.59 Å². The quantitative estimate of drug-likeness (QED) is 0.751. The molecule has 92 valence electrons. The van der Waals surface area contributed by atoms with Gasteiger partial charge in [-0.3, -0.25) is 9.59 Å². The van der Waals surface area contributed by atoms with Gasteiger partial charge in [-0.15, -0.1) is 0 Å². The van der Waals surface area contributed by atoms with Gasteiger partial charge in [-0.2, -0.15) is 0 Å². The zero-order chi connectivity index (χ0) is 13.4. The Hall–Kier alpha value is -2.22. The summed E-state index contributed by atoms with van der Waals surface area (Å²) in [5.41, 5.74) is 3.79. The number of carbonyl (C=O) groups is 2. The van der Waals surface area contributed by atoms with Crippen molar-refractivity contribution in [1.29, 1.82) is 0 Å². The molecule has 2 heteroatoms. The molecule has 0 unspecified atom stereocenters. The van der Waals surface area contributed by atoms with E-state index in [4.69, 9.17) is 0 Å². The van der Waals surface area contributed by atoms with Crippen LogP contribution in [0.5, 0.6) is 0 Å². The first kappa shape index (κ1) is 13.8. The first-order valence-electron chi connectivity index (χ1n) is 5.69. The maximum absolute atomic E-state index is 10.2.